The van der Waals surface area contributed by atoms with Crippen molar-refractivity contribution in [1.82, 2.24) is 30.4 Å². The lowest BCUT2D eigenvalue weighted by atomic mass is 10.0. The summed E-state index contributed by atoms with van der Waals surface area (Å²) in [6.07, 6.45) is 5.22. The van der Waals surface area contributed by atoms with Gasteiger partial charge in [-0.2, -0.15) is 0 Å². The van der Waals surface area contributed by atoms with Gasteiger partial charge in [0.05, 0.1) is 25.3 Å². The van der Waals surface area contributed by atoms with Crippen molar-refractivity contribution in [2.24, 2.45) is 0 Å². The maximum atomic E-state index is 12.0. The molecule has 0 aliphatic carbocycles. The van der Waals surface area contributed by atoms with E-state index in [9.17, 15) is 4.79 Å². The fraction of sp³-hybridized carbons (Fsp3) is 0.833. The molecule has 0 aromatic carbocycles. The lowest BCUT2D eigenvalue weighted by Gasteiger charge is -2.34. The SMILES string of the molecule is O=C(Cn1cnnn1)N[C@H]1COC[C@@H]1N1CCCCC1. The third-order valence-corrected chi connectivity index (χ3v) is 3.95. The summed E-state index contributed by atoms with van der Waals surface area (Å²) >= 11 is 0. The molecule has 2 aliphatic rings. The van der Waals surface area contributed by atoms with Crippen molar-refractivity contribution >= 4 is 5.91 Å². The van der Waals surface area contributed by atoms with E-state index in [1.165, 1.54) is 30.3 Å². The number of amides is 1. The Morgan fingerprint density at radius 3 is 2.90 bits per heavy atom. The molecule has 20 heavy (non-hydrogen) atoms. The van der Waals surface area contributed by atoms with Crippen LogP contribution in [0.3, 0.4) is 0 Å². The van der Waals surface area contributed by atoms with Crippen LogP contribution in [0.1, 0.15) is 19.3 Å². The monoisotopic (exact) mass is 280 g/mol. The van der Waals surface area contributed by atoms with Gasteiger partial charge in [0.2, 0.25) is 5.91 Å². The van der Waals surface area contributed by atoms with Crippen LogP contribution in [-0.4, -0.2) is 69.4 Å². The molecule has 0 spiro atoms. The van der Waals surface area contributed by atoms with Crippen LogP contribution in [0.5, 0.6) is 0 Å². The molecule has 0 unspecified atom stereocenters. The lowest BCUT2D eigenvalue weighted by molar-refractivity contribution is -0.122. The average molecular weight is 280 g/mol. The van der Waals surface area contributed by atoms with E-state index in [1.807, 2.05) is 0 Å². The minimum Gasteiger partial charge on any atom is -0.378 e. The van der Waals surface area contributed by atoms with Gasteiger partial charge >= 0.3 is 0 Å². The zero-order chi connectivity index (χ0) is 13.8. The van der Waals surface area contributed by atoms with Crippen molar-refractivity contribution in [3.63, 3.8) is 0 Å². The Hall–Kier alpha value is -1.54. The number of hydrogen-bond acceptors (Lipinski definition) is 6. The quantitative estimate of drug-likeness (QED) is 0.765. The maximum Gasteiger partial charge on any atom is 0.242 e. The predicted molar refractivity (Wildman–Crippen MR) is 69.8 cm³/mol. The van der Waals surface area contributed by atoms with Crippen LogP contribution >= 0.6 is 0 Å². The molecule has 1 aromatic rings. The standard InChI is InChI=1S/C12H20N6O2/c19-12(6-18-9-13-15-16-18)14-10-7-20-8-11(10)17-4-2-1-3-5-17/h9-11H,1-8H2,(H,14,19)/t10-,11-/m0/s1. The fourth-order valence-corrected chi connectivity index (χ4v) is 2.94. The third-order valence-electron chi connectivity index (χ3n) is 3.95. The van der Waals surface area contributed by atoms with Gasteiger partial charge < -0.3 is 10.1 Å². The molecule has 0 saturated carbocycles. The fourth-order valence-electron chi connectivity index (χ4n) is 2.94. The smallest absolute Gasteiger partial charge is 0.242 e. The number of ether oxygens (including phenoxy) is 1. The van der Waals surface area contributed by atoms with Crippen molar-refractivity contribution in [2.45, 2.75) is 37.9 Å². The highest BCUT2D eigenvalue weighted by atomic mass is 16.5. The topological polar surface area (TPSA) is 85.2 Å². The average Bonchev–Trinajstić information content (AvgIpc) is 3.11. The van der Waals surface area contributed by atoms with E-state index >= 15 is 0 Å². The summed E-state index contributed by atoms with van der Waals surface area (Å²) in [7, 11) is 0. The number of likely N-dealkylation sites (tertiary alicyclic amines) is 1. The predicted octanol–water partition coefficient (Wildman–Crippen LogP) is -0.957. The summed E-state index contributed by atoms with van der Waals surface area (Å²) in [6.45, 7) is 3.65. The first-order chi connectivity index (χ1) is 9.83. The third kappa shape index (κ3) is 3.13. The molecule has 1 N–H and O–H groups in total. The van der Waals surface area contributed by atoms with Gasteiger partial charge in [-0.15, -0.1) is 5.10 Å². The minimum absolute atomic E-state index is 0.0667. The van der Waals surface area contributed by atoms with Crippen molar-refractivity contribution in [1.29, 1.82) is 0 Å². The first-order valence-corrected chi connectivity index (χ1v) is 7.15. The number of aromatic nitrogens is 4. The van der Waals surface area contributed by atoms with E-state index < -0.39 is 0 Å². The van der Waals surface area contributed by atoms with E-state index in [1.54, 1.807) is 0 Å². The van der Waals surface area contributed by atoms with Crippen LogP contribution in [0.4, 0.5) is 0 Å². The Labute approximate surface area is 117 Å². The second-order valence-electron chi connectivity index (χ2n) is 5.38. The van der Waals surface area contributed by atoms with Crippen molar-refractivity contribution in [2.75, 3.05) is 26.3 Å². The molecule has 8 nitrogen and oxygen atoms in total. The van der Waals surface area contributed by atoms with Gasteiger partial charge in [0.1, 0.15) is 12.9 Å². The van der Waals surface area contributed by atoms with Crippen LogP contribution in [-0.2, 0) is 16.1 Å². The number of carbonyl (C=O) groups is 1. The van der Waals surface area contributed by atoms with Crippen LogP contribution in [0.15, 0.2) is 6.33 Å². The van der Waals surface area contributed by atoms with E-state index in [0.29, 0.717) is 19.3 Å². The van der Waals surface area contributed by atoms with Crippen LogP contribution in [0.25, 0.3) is 0 Å². The normalized spacial score (nSPS) is 27.6. The molecule has 2 aliphatic heterocycles. The van der Waals surface area contributed by atoms with Crippen molar-refractivity contribution in [3.8, 4) is 0 Å². The summed E-state index contributed by atoms with van der Waals surface area (Å²) in [5, 5.41) is 13.8. The molecule has 2 saturated heterocycles. The number of nitrogens with one attached hydrogen (secondary N) is 1. The molecule has 0 radical (unpaired) electrons. The molecule has 3 rings (SSSR count). The van der Waals surface area contributed by atoms with Gasteiger partial charge in [-0.3, -0.25) is 9.69 Å². The molecule has 1 amide bonds. The Kier molecular flexibility index (Phi) is 4.22. The summed E-state index contributed by atoms with van der Waals surface area (Å²) in [5.74, 6) is -0.0743. The Morgan fingerprint density at radius 2 is 2.15 bits per heavy atom. The van der Waals surface area contributed by atoms with E-state index in [2.05, 4.69) is 25.7 Å². The highest BCUT2D eigenvalue weighted by molar-refractivity contribution is 5.76. The second-order valence-corrected chi connectivity index (χ2v) is 5.38. The molecule has 2 atom stereocenters. The van der Waals surface area contributed by atoms with Gasteiger partial charge in [-0.05, 0) is 36.4 Å². The largest absolute Gasteiger partial charge is 0.378 e. The highest BCUT2D eigenvalue weighted by Crippen LogP contribution is 2.18. The van der Waals surface area contributed by atoms with Gasteiger partial charge in [0.25, 0.3) is 0 Å². The summed E-state index contributed by atoms with van der Waals surface area (Å²) in [4.78, 5) is 14.4. The Balaban J connectivity index is 1.54. The molecule has 3 heterocycles. The van der Waals surface area contributed by atoms with E-state index in [4.69, 9.17) is 4.74 Å². The highest BCUT2D eigenvalue weighted by Gasteiger charge is 2.34. The van der Waals surface area contributed by atoms with Gasteiger partial charge in [0.15, 0.2) is 0 Å². The van der Waals surface area contributed by atoms with Crippen molar-refractivity contribution in [3.05, 3.63) is 6.33 Å². The van der Waals surface area contributed by atoms with Gasteiger partial charge in [-0.1, -0.05) is 6.42 Å². The number of rotatable bonds is 4. The zero-order valence-electron chi connectivity index (χ0n) is 11.4. The molecule has 110 valence electrons. The van der Waals surface area contributed by atoms with Gasteiger partial charge in [-0.25, -0.2) is 4.68 Å². The molecular formula is C12H20N6O2. The van der Waals surface area contributed by atoms with Gasteiger partial charge in [0, 0.05) is 0 Å². The number of hydrogen-bond donors (Lipinski definition) is 1. The summed E-state index contributed by atoms with van der Waals surface area (Å²) < 4.78 is 6.97. The summed E-state index contributed by atoms with van der Waals surface area (Å²) in [6, 6.07) is 0.366. The Morgan fingerprint density at radius 1 is 1.30 bits per heavy atom. The molecule has 8 heteroatoms. The first kappa shape index (κ1) is 13.4. The molecule has 2 fully saturated rings. The zero-order valence-corrected chi connectivity index (χ0v) is 11.4. The number of nitrogens with zero attached hydrogens (tertiary/aromatic N) is 5. The number of tetrazole rings is 1. The maximum absolute atomic E-state index is 12.0. The number of piperidine rings is 1. The molecular weight excluding hydrogens is 260 g/mol. The second kappa shape index (κ2) is 6.27. The Bertz CT molecular complexity index is 431. The van der Waals surface area contributed by atoms with Crippen LogP contribution < -0.4 is 5.32 Å². The van der Waals surface area contributed by atoms with Crippen LogP contribution in [0, 0.1) is 0 Å². The minimum atomic E-state index is -0.0743. The molecule has 0 bridgehead atoms. The van der Waals surface area contributed by atoms with Crippen LogP contribution in [0.2, 0.25) is 0 Å². The summed E-state index contributed by atoms with van der Waals surface area (Å²) in [5.41, 5.74) is 0. The molecule has 1 aromatic heterocycles. The van der Waals surface area contributed by atoms with Crippen molar-refractivity contribution < 1.29 is 9.53 Å². The van der Waals surface area contributed by atoms with E-state index in [-0.39, 0.29) is 18.5 Å². The van der Waals surface area contributed by atoms with E-state index in [0.717, 1.165) is 13.1 Å². The lowest BCUT2D eigenvalue weighted by Crippen LogP contribution is -2.53. The first-order valence-electron chi connectivity index (χ1n) is 7.15. The number of carbonyl (C=O) groups excluding carboxylic acids is 1.